The van der Waals surface area contributed by atoms with Crippen LogP contribution in [-0.2, 0) is 0 Å². The van der Waals surface area contributed by atoms with E-state index in [2.05, 4.69) is 204 Å². The number of fused-ring (bicyclic) bond motifs is 7. The van der Waals surface area contributed by atoms with Gasteiger partial charge in [0.15, 0.2) is 5.82 Å². The maximum Gasteiger partial charge on any atom is 0.160 e. The SMILES string of the molecule is c1ccc(-n2c3ccccc3c3ccc(-c4nc(-c5ccc(N6c7cc8ccccc8cc7-c7cccc8cccc6c78)cc5)nc5ccccc45)cc32)cc1. The minimum absolute atomic E-state index is 0.700. The highest BCUT2D eigenvalue weighted by molar-refractivity contribution is 6.16. The third kappa shape index (κ3) is 4.60. The molecule has 0 saturated carbocycles. The molecule has 1 aliphatic heterocycles. The monoisotopic (exact) mass is 712 g/mol. The summed E-state index contributed by atoms with van der Waals surface area (Å²) >= 11 is 0. The number of hydrogen-bond donors (Lipinski definition) is 0. The third-order valence-corrected chi connectivity index (χ3v) is 11.5. The summed E-state index contributed by atoms with van der Waals surface area (Å²) in [4.78, 5) is 12.9. The zero-order valence-electron chi connectivity index (χ0n) is 30.3. The highest BCUT2D eigenvalue weighted by atomic mass is 15.2. The molecule has 0 unspecified atom stereocenters. The van der Waals surface area contributed by atoms with Crippen LogP contribution in [0.1, 0.15) is 0 Å². The van der Waals surface area contributed by atoms with Crippen LogP contribution in [0.4, 0.5) is 17.1 Å². The summed E-state index contributed by atoms with van der Waals surface area (Å²) in [6, 6.07) is 69.7. The number of nitrogens with zero attached hydrogens (tertiary/aromatic N) is 4. The lowest BCUT2D eigenvalue weighted by atomic mass is 9.89. The average molecular weight is 713 g/mol. The van der Waals surface area contributed by atoms with Crippen molar-refractivity contribution in [3.63, 3.8) is 0 Å². The number of aromatic nitrogens is 3. The van der Waals surface area contributed by atoms with Crippen molar-refractivity contribution >= 4 is 71.3 Å². The Balaban J connectivity index is 1.01. The van der Waals surface area contributed by atoms with E-state index in [9.17, 15) is 0 Å². The molecule has 0 saturated heterocycles. The van der Waals surface area contributed by atoms with E-state index >= 15 is 0 Å². The first-order valence-electron chi connectivity index (χ1n) is 19.1. The van der Waals surface area contributed by atoms with Gasteiger partial charge in [0.1, 0.15) is 0 Å². The van der Waals surface area contributed by atoms with E-state index in [1.165, 1.54) is 60.3 Å². The predicted molar refractivity (Wildman–Crippen MR) is 233 cm³/mol. The van der Waals surface area contributed by atoms with E-state index in [-0.39, 0.29) is 0 Å². The number of rotatable bonds is 4. The Morgan fingerprint density at radius 3 is 1.91 bits per heavy atom. The molecule has 4 nitrogen and oxygen atoms in total. The Kier molecular flexibility index (Phi) is 6.60. The van der Waals surface area contributed by atoms with Gasteiger partial charge in [0.2, 0.25) is 0 Å². The molecule has 12 rings (SSSR count). The van der Waals surface area contributed by atoms with E-state index in [4.69, 9.17) is 9.97 Å². The van der Waals surface area contributed by atoms with Gasteiger partial charge in [-0.1, -0.05) is 121 Å². The minimum atomic E-state index is 0.700. The first-order chi connectivity index (χ1) is 27.8. The third-order valence-electron chi connectivity index (χ3n) is 11.5. The molecule has 0 bridgehead atoms. The normalized spacial score (nSPS) is 12.2. The smallest absolute Gasteiger partial charge is 0.160 e. The Hall–Kier alpha value is -7.56. The van der Waals surface area contributed by atoms with Gasteiger partial charge >= 0.3 is 0 Å². The number of hydrogen-bond acceptors (Lipinski definition) is 3. The second-order valence-electron chi connectivity index (χ2n) is 14.6. The molecular formula is C52H32N4. The van der Waals surface area contributed by atoms with E-state index in [1.54, 1.807) is 0 Å². The van der Waals surface area contributed by atoms with Gasteiger partial charge in [-0.2, -0.15) is 0 Å². The molecule has 0 radical (unpaired) electrons. The molecule has 11 aromatic rings. The molecule has 0 amide bonds. The lowest BCUT2D eigenvalue weighted by Crippen LogP contribution is -2.15. The van der Waals surface area contributed by atoms with E-state index in [0.29, 0.717) is 5.82 Å². The van der Waals surface area contributed by atoms with Crippen molar-refractivity contribution in [1.82, 2.24) is 14.5 Å². The summed E-state index contributed by atoms with van der Waals surface area (Å²) in [6.07, 6.45) is 0. The van der Waals surface area contributed by atoms with E-state index in [1.807, 2.05) is 0 Å². The van der Waals surface area contributed by atoms with Crippen molar-refractivity contribution in [3.05, 3.63) is 194 Å². The summed E-state index contributed by atoms with van der Waals surface area (Å²) in [6.45, 7) is 0. The number of para-hydroxylation sites is 3. The fourth-order valence-electron chi connectivity index (χ4n) is 8.93. The number of benzene rings is 9. The van der Waals surface area contributed by atoms with Gasteiger partial charge in [0.05, 0.1) is 33.6 Å². The quantitative estimate of drug-likeness (QED) is 0.182. The van der Waals surface area contributed by atoms with Crippen molar-refractivity contribution in [3.8, 4) is 39.5 Å². The molecule has 1 aliphatic rings. The Morgan fingerprint density at radius 2 is 1.05 bits per heavy atom. The van der Waals surface area contributed by atoms with Gasteiger partial charge in [-0.15, -0.1) is 0 Å². The maximum atomic E-state index is 5.34. The van der Waals surface area contributed by atoms with Crippen LogP contribution in [0.2, 0.25) is 0 Å². The van der Waals surface area contributed by atoms with Gasteiger partial charge in [0, 0.05) is 49.6 Å². The highest BCUT2D eigenvalue weighted by Crippen LogP contribution is 2.52. The Bertz CT molecular complexity index is 3360. The second-order valence-corrected chi connectivity index (χ2v) is 14.6. The molecule has 56 heavy (non-hydrogen) atoms. The average Bonchev–Trinajstić information content (AvgIpc) is 3.60. The van der Waals surface area contributed by atoms with Gasteiger partial charge in [-0.3, -0.25) is 0 Å². The summed E-state index contributed by atoms with van der Waals surface area (Å²) in [7, 11) is 0. The van der Waals surface area contributed by atoms with Crippen LogP contribution in [0.3, 0.4) is 0 Å². The molecule has 2 aromatic heterocycles. The van der Waals surface area contributed by atoms with Crippen molar-refractivity contribution < 1.29 is 0 Å². The van der Waals surface area contributed by atoms with Crippen molar-refractivity contribution in [1.29, 1.82) is 0 Å². The zero-order chi connectivity index (χ0) is 36.7. The summed E-state index contributed by atoms with van der Waals surface area (Å²) in [5.41, 5.74) is 13.3. The number of anilines is 3. The minimum Gasteiger partial charge on any atom is -0.309 e. The van der Waals surface area contributed by atoms with Gasteiger partial charge in [-0.05, 0) is 94.5 Å². The molecular weight excluding hydrogens is 681 g/mol. The lowest BCUT2D eigenvalue weighted by molar-refractivity contribution is 1.18. The fraction of sp³-hybridized carbons (Fsp3) is 0. The van der Waals surface area contributed by atoms with Crippen LogP contribution in [0, 0.1) is 0 Å². The van der Waals surface area contributed by atoms with Crippen LogP contribution in [0.15, 0.2) is 194 Å². The van der Waals surface area contributed by atoms with Gasteiger partial charge in [0.25, 0.3) is 0 Å². The lowest BCUT2D eigenvalue weighted by Gasteiger charge is -2.34. The fourth-order valence-corrected chi connectivity index (χ4v) is 8.93. The topological polar surface area (TPSA) is 34.0 Å². The molecule has 0 aliphatic carbocycles. The molecule has 3 heterocycles. The van der Waals surface area contributed by atoms with Crippen LogP contribution >= 0.6 is 0 Å². The first-order valence-corrected chi connectivity index (χ1v) is 19.1. The van der Waals surface area contributed by atoms with Gasteiger partial charge < -0.3 is 9.47 Å². The van der Waals surface area contributed by atoms with E-state index in [0.717, 1.165) is 44.6 Å². The van der Waals surface area contributed by atoms with Crippen LogP contribution in [0.5, 0.6) is 0 Å². The predicted octanol–water partition coefficient (Wildman–Crippen LogP) is 13.8. The molecule has 0 atom stereocenters. The Labute approximate surface area is 323 Å². The maximum absolute atomic E-state index is 5.34. The molecule has 0 spiro atoms. The van der Waals surface area contributed by atoms with Crippen LogP contribution in [0.25, 0.3) is 93.7 Å². The first kappa shape index (κ1) is 30.9. The highest BCUT2D eigenvalue weighted by Gasteiger charge is 2.26. The Morgan fingerprint density at radius 1 is 0.375 bits per heavy atom. The summed E-state index contributed by atoms with van der Waals surface area (Å²) < 4.78 is 2.36. The molecule has 0 fully saturated rings. The molecule has 9 aromatic carbocycles. The molecule has 4 heteroatoms. The van der Waals surface area contributed by atoms with Crippen molar-refractivity contribution in [2.75, 3.05) is 4.90 Å². The molecule has 260 valence electrons. The zero-order valence-corrected chi connectivity index (χ0v) is 30.3. The van der Waals surface area contributed by atoms with E-state index < -0.39 is 0 Å². The molecule has 0 N–H and O–H groups in total. The van der Waals surface area contributed by atoms with Crippen LogP contribution in [-0.4, -0.2) is 14.5 Å². The second kappa shape index (κ2) is 12.0. The summed E-state index contributed by atoms with van der Waals surface area (Å²) in [5.74, 6) is 0.700. The van der Waals surface area contributed by atoms with Crippen molar-refractivity contribution in [2.24, 2.45) is 0 Å². The van der Waals surface area contributed by atoms with Crippen LogP contribution < -0.4 is 4.90 Å². The van der Waals surface area contributed by atoms with Crippen molar-refractivity contribution in [2.45, 2.75) is 0 Å². The largest absolute Gasteiger partial charge is 0.309 e. The summed E-state index contributed by atoms with van der Waals surface area (Å²) in [5, 5.41) is 8.44. The standard InChI is InChI=1S/C52H32N4/c1-2-16-38(17-3-1)55-46-22-9-7-18-40(46)41-29-26-37(32-48(41)55)51-43-19-6-8-21-45(43)53-52(54-51)34-24-27-39(28-25-34)56-47-23-11-15-33-14-10-20-42(50(33)47)44-30-35-12-4-5-13-36(35)31-49(44)56/h1-32H. The van der Waals surface area contributed by atoms with Gasteiger partial charge in [-0.25, -0.2) is 9.97 Å².